The number of para-hydroxylation sites is 1. The van der Waals surface area contributed by atoms with Crippen LogP contribution < -0.4 is 4.90 Å². The summed E-state index contributed by atoms with van der Waals surface area (Å²) in [5.41, 5.74) is 1.63. The van der Waals surface area contributed by atoms with Gasteiger partial charge in [-0.3, -0.25) is 9.69 Å². The Morgan fingerprint density at radius 1 is 1.10 bits per heavy atom. The molecule has 2 unspecified atom stereocenters. The van der Waals surface area contributed by atoms with Crippen molar-refractivity contribution in [1.29, 1.82) is 0 Å². The van der Waals surface area contributed by atoms with Crippen molar-refractivity contribution in [1.82, 2.24) is 4.90 Å². The van der Waals surface area contributed by atoms with Crippen LogP contribution >= 0.6 is 0 Å². The maximum absolute atomic E-state index is 13.2. The number of carboxylic acid groups (broad SMARTS) is 2. The van der Waals surface area contributed by atoms with E-state index in [9.17, 15) is 14.4 Å². The van der Waals surface area contributed by atoms with E-state index in [0.29, 0.717) is 36.9 Å². The molecule has 2 N–H and O–H groups in total. The van der Waals surface area contributed by atoms with E-state index in [-0.39, 0.29) is 36.2 Å². The first kappa shape index (κ1) is 26.2. The Kier molecular flexibility index (Phi) is 5.64. The van der Waals surface area contributed by atoms with Crippen molar-refractivity contribution in [3.05, 3.63) is 41.5 Å². The second kappa shape index (κ2) is 8.63. The van der Waals surface area contributed by atoms with Gasteiger partial charge in [0.15, 0.2) is 11.2 Å². The molecular formula is C31H38N2O7. The maximum atomic E-state index is 13.2. The smallest absolute Gasteiger partial charge is 0.336 e. The van der Waals surface area contributed by atoms with Gasteiger partial charge < -0.3 is 24.6 Å². The molecule has 1 aromatic rings. The molecule has 7 aliphatic rings. The molecule has 6 heterocycles. The second-order valence-electron chi connectivity index (χ2n) is 13.3. The number of carbonyl (C=O) groups excluding carboxylic acids is 1. The van der Waals surface area contributed by atoms with E-state index in [1.807, 2.05) is 0 Å². The Labute approximate surface area is 234 Å². The third kappa shape index (κ3) is 3.22. The van der Waals surface area contributed by atoms with E-state index in [2.05, 4.69) is 40.1 Å². The standard InChI is InChI=1S/C21H22N2O2.C10H16O5/c24-18-10-16-19-13-9-17-21(6-7-22(17)11-12(13)5-8-25-16)14-3-1-2-4-15(14)23(18)20(19)21;1-6(2)10(8(13)14)5-4-9(3,15-10)7(11)12/h1-5,13,16-17,19-20H,6-11H2;6H,4-5H2,1-3H3,(H,11,12)(H,13,14)/t13-,16-,17-,19-,20-,21+;/m0./s1. The lowest BCUT2D eigenvalue weighted by Crippen LogP contribution is -2.69. The van der Waals surface area contributed by atoms with Crippen molar-refractivity contribution < 1.29 is 34.1 Å². The minimum absolute atomic E-state index is 0.104. The number of nitrogens with zero attached hydrogens (tertiary/aromatic N) is 2. The first-order valence-electron chi connectivity index (χ1n) is 14.7. The number of hydrogen-bond acceptors (Lipinski definition) is 6. The van der Waals surface area contributed by atoms with Gasteiger partial charge in [0.1, 0.15) is 0 Å². The summed E-state index contributed by atoms with van der Waals surface area (Å²) >= 11 is 0. The first-order chi connectivity index (χ1) is 19.0. The van der Waals surface area contributed by atoms with Gasteiger partial charge in [-0.25, -0.2) is 9.59 Å². The van der Waals surface area contributed by atoms with Crippen molar-refractivity contribution >= 4 is 23.5 Å². The first-order valence-corrected chi connectivity index (χ1v) is 14.7. The molecule has 6 aliphatic heterocycles. The van der Waals surface area contributed by atoms with Crippen LogP contribution in [0.3, 0.4) is 0 Å². The number of piperidine rings is 2. The fourth-order valence-electron chi connectivity index (χ4n) is 9.39. The summed E-state index contributed by atoms with van der Waals surface area (Å²) in [7, 11) is 0. The van der Waals surface area contributed by atoms with Crippen LogP contribution in [0.15, 0.2) is 35.9 Å². The van der Waals surface area contributed by atoms with Crippen molar-refractivity contribution in [2.75, 3.05) is 24.6 Å². The number of rotatable bonds is 3. The molecule has 1 amide bonds. The van der Waals surface area contributed by atoms with Gasteiger partial charge in [0, 0.05) is 29.6 Å². The highest BCUT2D eigenvalue weighted by molar-refractivity contribution is 5.99. The lowest BCUT2D eigenvalue weighted by Gasteiger charge is -2.58. The van der Waals surface area contributed by atoms with Crippen molar-refractivity contribution in [2.24, 2.45) is 17.8 Å². The highest BCUT2D eigenvalue weighted by Gasteiger charge is 2.71. The number of carboxylic acids is 2. The number of fused-ring (bicyclic) bond motifs is 2. The van der Waals surface area contributed by atoms with Gasteiger partial charge in [-0.2, -0.15) is 0 Å². The summed E-state index contributed by atoms with van der Waals surface area (Å²) in [6, 6.07) is 9.64. The average molecular weight is 551 g/mol. The Morgan fingerprint density at radius 3 is 2.55 bits per heavy atom. The molecule has 8 rings (SSSR count). The predicted molar refractivity (Wildman–Crippen MR) is 145 cm³/mol. The zero-order valence-corrected chi connectivity index (χ0v) is 23.3. The van der Waals surface area contributed by atoms with Crippen molar-refractivity contribution in [2.45, 2.75) is 87.7 Å². The fourth-order valence-corrected chi connectivity index (χ4v) is 9.39. The van der Waals surface area contributed by atoms with Crippen LogP contribution in [0, 0.1) is 17.8 Å². The van der Waals surface area contributed by atoms with Gasteiger partial charge in [-0.15, -0.1) is 0 Å². The number of hydrogen-bond donors (Lipinski definition) is 2. The summed E-state index contributed by atoms with van der Waals surface area (Å²) in [5.74, 6) is -1.09. The van der Waals surface area contributed by atoms with Gasteiger partial charge in [-0.1, -0.05) is 43.7 Å². The van der Waals surface area contributed by atoms with Crippen LogP contribution in [-0.4, -0.2) is 82.0 Å². The average Bonchev–Trinajstić information content (AvgIpc) is 3.55. The molecule has 1 aliphatic carbocycles. The molecule has 9 heteroatoms. The Hall–Kier alpha value is -2.75. The largest absolute Gasteiger partial charge is 0.479 e. The van der Waals surface area contributed by atoms with Gasteiger partial charge in [0.2, 0.25) is 5.91 Å². The molecule has 8 atom stereocenters. The number of aliphatic carboxylic acids is 2. The predicted octanol–water partition coefficient (Wildman–Crippen LogP) is 3.21. The molecule has 2 bridgehead atoms. The number of carbonyl (C=O) groups is 3. The molecule has 1 spiro atoms. The summed E-state index contributed by atoms with van der Waals surface area (Å²) < 4.78 is 11.6. The van der Waals surface area contributed by atoms with Crippen LogP contribution in [0.25, 0.3) is 0 Å². The van der Waals surface area contributed by atoms with E-state index in [1.165, 1.54) is 37.6 Å². The molecule has 214 valence electrons. The lowest BCUT2D eigenvalue weighted by molar-refractivity contribution is -0.190. The highest BCUT2D eigenvalue weighted by Crippen LogP contribution is 2.65. The van der Waals surface area contributed by atoms with Crippen LogP contribution in [0.5, 0.6) is 0 Å². The zero-order valence-electron chi connectivity index (χ0n) is 23.3. The number of ether oxygens (including phenoxy) is 2. The zero-order chi connectivity index (χ0) is 28.2. The molecule has 5 fully saturated rings. The Morgan fingerprint density at radius 2 is 1.88 bits per heavy atom. The SMILES string of the molecule is CC(C)C1(C(=O)O)CCC(C)(C(=O)O)O1.O=C1C[C@@H]2OCC=C3CN4CC[C@]56c7ccccc7N1[C@H]5[C@H]2[C@H]3C[C@H]46. The maximum Gasteiger partial charge on any atom is 0.336 e. The quantitative estimate of drug-likeness (QED) is 0.552. The van der Waals surface area contributed by atoms with E-state index in [4.69, 9.17) is 19.7 Å². The van der Waals surface area contributed by atoms with Crippen LogP contribution in [0.4, 0.5) is 5.69 Å². The minimum atomic E-state index is -1.37. The third-order valence-electron chi connectivity index (χ3n) is 11.3. The topological polar surface area (TPSA) is 117 Å². The summed E-state index contributed by atoms with van der Waals surface area (Å²) in [4.78, 5) is 40.2. The third-order valence-corrected chi connectivity index (χ3v) is 11.3. The highest BCUT2D eigenvalue weighted by atomic mass is 16.6. The van der Waals surface area contributed by atoms with Crippen LogP contribution in [0.2, 0.25) is 0 Å². The molecule has 0 aromatic heterocycles. The Bertz CT molecular complexity index is 1330. The number of anilines is 1. The monoisotopic (exact) mass is 550 g/mol. The normalized spacial score (nSPS) is 42.1. The van der Waals surface area contributed by atoms with E-state index in [1.54, 1.807) is 19.4 Å². The van der Waals surface area contributed by atoms with Crippen LogP contribution in [0.1, 0.15) is 58.4 Å². The van der Waals surface area contributed by atoms with Crippen molar-refractivity contribution in [3.8, 4) is 0 Å². The minimum Gasteiger partial charge on any atom is -0.479 e. The van der Waals surface area contributed by atoms with Crippen LogP contribution in [-0.2, 0) is 29.3 Å². The Balaban J connectivity index is 0.000000153. The van der Waals surface area contributed by atoms with Gasteiger partial charge >= 0.3 is 11.9 Å². The van der Waals surface area contributed by atoms with Gasteiger partial charge in [-0.05, 0) is 62.6 Å². The fraction of sp³-hybridized carbons (Fsp3) is 0.645. The summed E-state index contributed by atoms with van der Waals surface area (Å²) in [5, 5.41) is 18.1. The van der Waals surface area contributed by atoms with Gasteiger partial charge in [0.25, 0.3) is 0 Å². The molecular weight excluding hydrogens is 512 g/mol. The van der Waals surface area contributed by atoms with Crippen molar-refractivity contribution in [3.63, 3.8) is 0 Å². The van der Waals surface area contributed by atoms with E-state index >= 15 is 0 Å². The van der Waals surface area contributed by atoms with E-state index in [0.717, 1.165) is 6.54 Å². The van der Waals surface area contributed by atoms with E-state index < -0.39 is 23.1 Å². The molecule has 1 aromatic carbocycles. The number of amides is 1. The van der Waals surface area contributed by atoms with Gasteiger partial charge in [0.05, 0.1) is 25.2 Å². The second-order valence-corrected chi connectivity index (χ2v) is 13.3. The lowest BCUT2D eigenvalue weighted by atomic mass is 9.53. The molecule has 1 saturated carbocycles. The summed E-state index contributed by atoms with van der Waals surface area (Å²) in [6.07, 6.45) is 5.90. The molecule has 0 radical (unpaired) electrons. The summed E-state index contributed by atoms with van der Waals surface area (Å²) in [6.45, 7) is 7.84. The molecule has 40 heavy (non-hydrogen) atoms. The molecule has 4 saturated heterocycles. The number of benzene rings is 1. The molecule has 9 nitrogen and oxygen atoms in total.